The fourth-order valence-corrected chi connectivity index (χ4v) is 5.18. The summed E-state index contributed by atoms with van der Waals surface area (Å²) in [5, 5.41) is 43.1. The Morgan fingerprint density at radius 1 is 1.20 bits per heavy atom. The molecule has 1 aromatic rings. The van der Waals surface area contributed by atoms with Gasteiger partial charge < -0.3 is 26.2 Å². The van der Waals surface area contributed by atoms with Crippen LogP contribution < -0.4 is 5.73 Å². The molecule has 30 heavy (non-hydrogen) atoms. The molecular weight excluding hydrogens is 392 g/mol. The summed E-state index contributed by atoms with van der Waals surface area (Å²) in [5.41, 5.74) is 2.41. The highest BCUT2D eigenvalue weighted by Gasteiger charge is 2.64. The van der Waals surface area contributed by atoms with Gasteiger partial charge in [0.1, 0.15) is 22.8 Å². The first-order valence-electron chi connectivity index (χ1n) is 9.47. The molecule has 9 heteroatoms. The molecule has 0 heterocycles. The molecule has 4 atom stereocenters. The Morgan fingerprint density at radius 3 is 2.47 bits per heavy atom. The van der Waals surface area contributed by atoms with Gasteiger partial charge in [-0.05, 0) is 44.5 Å². The fraction of sp³-hybridized carbons (Fsp3) is 0.381. The van der Waals surface area contributed by atoms with Crippen LogP contribution >= 0.6 is 0 Å². The highest BCUT2D eigenvalue weighted by molar-refractivity contribution is 6.24. The number of Topliss-reactive ketones (excluding diaryl/α,β-unsaturated/α-hetero) is 2. The van der Waals surface area contributed by atoms with Crippen molar-refractivity contribution in [2.24, 2.45) is 17.6 Å². The molecule has 0 aromatic heterocycles. The first kappa shape index (κ1) is 20.1. The predicted molar refractivity (Wildman–Crippen MR) is 104 cm³/mol. The van der Waals surface area contributed by atoms with Crippen molar-refractivity contribution in [1.29, 1.82) is 0 Å². The summed E-state index contributed by atoms with van der Waals surface area (Å²) in [5.74, 6) is -6.43. The van der Waals surface area contributed by atoms with Crippen LogP contribution in [0.1, 0.15) is 17.5 Å². The number of benzene rings is 1. The lowest BCUT2D eigenvalue weighted by molar-refractivity contribution is -0.153. The molecule has 3 aliphatic carbocycles. The molecule has 1 aromatic carbocycles. The van der Waals surface area contributed by atoms with Gasteiger partial charge in [0, 0.05) is 11.5 Å². The number of carbonyl (C=O) groups is 3. The minimum atomic E-state index is -2.60. The van der Waals surface area contributed by atoms with Crippen molar-refractivity contribution in [2.45, 2.75) is 24.5 Å². The number of likely N-dealkylation sites (N-methyl/N-ethyl adjacent to an activating group) is 1. The van der Waals surface area contributed by atoms with Gasteiger partial charge in [0.25, 0.3) is 5.91 Å². The smallest absolute Gasteiger partial charge is 0.255 e. The molecule has 0 radical (unpaired) electrons. The van der Waals surface area contributed by atoms with Crippen molar-refractivity contribution < 1.29 is 34.8 Å². The highest BCUT2D eigenvalue weighted by atomic mass is 16.3. The number of phenolic OH excluding ortho intramolecular Hbond substituents is 1. The molecule has 9 nitrogen and oxygen atoms in total. The quantitative estimate of drug-likeness (QED) is 0.421. The highest BCUT2D eigenvalue weighted by Crippen LogP contribution is 2.52. The van der Waals surface area contributed by atoms with E-state index in [4.69, 9.17) is 5.73 Å². The van der Waals surface area contributed by atoms with Crippen LogP contribution in [0.15, 0.2) is 35.1 Å². The van der Waals surface area contributed by atoms with Crippen molar-refractivity contribution in [1.82, 2.24) is 4.90 Å². The average Bonchev–Trinajstić information content (AvgIpc) is 2.64. The molecule has 6 N–H and O–H groups in total. The zero-order valence-corrected chi connectivity index (χ0v) is 16.4. The third-order valence-corrected chi connectivity index (χ3v) is 6.46. The third kappa shape index (κ3) is 2.39. The van der Waals surface area contributed by atoms with Crippen LogP contribution in [0.3, 0.4) is 0 Å². The van der Waals surface area contributed by atoms with Gasteiger partial charge >= 0.3 is 0 Å². The summed E-state index contributed by atoms with van der Waals surface area (Å²) in [6.07, 6.45) is 0.379. The molecule has 1 saturated carbocycles. The van der Waals surface area contributed by atoms with Gasteiger partial charge in [-0.3, -0.25) is 19.3 Å². The van der Waals surface area contributed by atoms with E-state index in [1.54, 1.807) is 26.2 Å². The Kier molecular flexibility index (Phi) is 4.30. The van der Waals surface area contributed by atoms with Crippen LogP contribution in [-0.2, 0) is 20.8 Å². The molecule has 0 spiro atoms. The number of aliphatic hydroxyl groups is 3. The number of aliphatic hydroxyl groups excluding tert-OH is 2. The second-order valence-electron chi connectivity index (χ2n) is 8.27. The molecular formula is C21H22N2O7. The second kappa shape index (κ2) is 6.41. The lowest BCUT2D eigenvalue weighted by atomic mass is 9.57. The van der Waals surface area contributed by atoms with Crippen molar-refractivity contribution in [2.75, 3.05) is 14.1 Å². The molecule has 1 fully saturated rings. The van der Waals surface area contributed by atoms with E-state index in [9.17, 15) is 34.8 Å². The molecule has 158 valence electrons. The summed E-state index contributed by atoms with van der Waals surface area (Å²) >= 11 is 0. The Hall–Kier alpha value is -3.17. The summed E-state index contributed by atoms with van der Waals surface area (Å²) in [6, 6.07) is 3.62. The maximum absolute atomic E-state index is 13.5. The number of aromatic hydroxyl groups is 1. The number of amides is 1. The maximum Gasteiger partial charge on any atom is 0.255 e. The van der Waals surface area contributed by atoms with Crippen molar-refractivity contribution in [3.63, 3.8) is 0 Å². The average molecular weight is 414 g/mol. The van der Waals surface area contributed by atoms with Crippen molar-refractivity contribution in [3.8, 4) is 5.75 Å². The van der Waals surface area contributed by atoms with E-state index >= 15 is 0 Å². The van der Waals surface area contributed by atoms with Gasteiger partial charge in [-0.2, -0.15) is 0 Å². The maximum atomic E-state index is 13.5. The topological polar surface area (TPSA) is 161 Å². The Labute approximate surface area is 171 Å². The lowest BCUT2D eigenvalue weighted by Gasteiger charge is -2.50. The van der Waals surface area contributed by atoms with Crippen molar-refractivity contribution in [3.05, 3.63) is 46.2 Å². The third-order valence-electron chi connectivity index (χ3n) is 6.46. The van der Waals surface area contributed by atoms with Crippen LogP contribution in [0.4, 0.5) is 0 Å². The summed E-state index contributed by atoms with van der Waals surface area (Å²) < 4.78 is 0. The van der Waals surface area contributed by atoms with E-state index in [-0.39, 0.29) is 23.3 Å². The molecule has 0 bridgehead atoms. The Bertz CT molecular complexity index is 1070. The summed E-state index contributed by atoms with van der Waals surface area (Å²) in [6.45, 7) is 0. The number of hydrogen-bond donors (Lipinski definition) is 5. The number of rotatable bonds is 2. The van der Waals surface area contributed by atoms with Gasteiger partial charge in [0.2, 0.25) is 5.78 Å². The Morgan fingerprint density at radius 2 is 1.87 bits per heavy atom. The van der Waals surface area contributed by atoms with Crippen LogP contribution in [-0.4, -0.2) is 68.5 Å². The minimum Gasteiger partial charge on any atom is -0.508 e. The number of carbonyl (C=O) groups excluding carboxylic acids is 3. The first-order chi connectivity index (χ1) is 14.0. The number of primary amides is 1. The molecule has 3 aliphatic rings. The first-order valence-corrected chi connectivity index (χ1v) is 9.47. The van der Waals surface area contributed by atoms with Crippen LogP contribution in [0.5, 0.6) is 5.75 Å². The van der Waals surface area contributed by atoms with Gasteiger partial charge in [0.05, 0.1) is 11.6 Å². The largest absolute Gasteiger partial charge is 0.508 e. The van der Waals surface area contributed by atoms with E-state index in [1.165, 1.54) is 11.0 Å². The van der Waals surface area contributed by atoms with E-state index in [0.29, 0.717) is 12.0 Å². The molecule has 0 saturated heterocycles. The monoisotopic (exact) mass is 414 g/mol. The molecule has 0 aliphatic heterocycles. The van der Waals surface area contributed by atoms with Gasteiger partial charge in [-0.25, -0.2) is 0 Å². The van der Waals surface area contributed by atoms with Gasteiger partial charge in [-0.1, -0.05) is 12.1 Å². The molecule has 1 unspecified atom stereocenters. The van der Waals surface area contributed by atoms with Crippen LogP contribution in [0.25, 0.3) is 5.76 Å². The molecule has 4 rings (SSSR count). The SMILES string of the molecule is CN(C)[C@@H]1C(=O)C(C(N)=O)=C(O)[C@@]2(O)C(=O)C3=C(O)c4c(O)cccc4CC3C[C@@H]12. The van der Waals surface area contributed by atoms with E-state index in [2.05, 4.69) is 0 Å². The van der Waals surface area contributed by atoms with Crippen LogP contribution in [0.2, 0.25) is 0 Å². The number of nitrogens with zero attached hydrogens (tertiary/aromatic N) is 1. The second-order valence-corrected chi connectivity index (χ2v) is 8.27. The number of hydrogen-bond acceptors (Lipinski definition) is 8. The standard InChI is InChI=1S/C21H22N2O7/c1-23(2)15-10-7-9-6-8-4-3-5-11(24)12(8)16(25)13(9)18(27)21(10,30)19(28)14(17(15)26)20(22)29/h3-5,9-10,15,24-25,28,30H,6-7H2,1-2H3,(H2,22,29)/t9?,10-,15-,21-/m0/s1. The summed E-state index contributed by atoms with van der Waals surface area (Å²) in [4.78, 5) is 39.7. The zero-order valence-electron chi connectivity index (χ0n) is 16.4. The van der Waals surface area contributed by atoms with Gasteiger partial charge in [-0.15, -0.1) is 0 Å². The van der Waals surface area contributed by atoms with Gasteiger partial charge in [0.15, 0.2) is 11.4 Å². The van der Waals surface area contributed by atoms with Crippen LogP contribution in [0, 0.1) is 11.8 Å². The summed E-state index contributed by atoms with van der Waals surface area (Å²) in [7, 11) is 3.12. The minimum absolute atomic E-state index is 0.0847. The fourth-order valence-electron chi connectivity index (χ4n) is 5.18. The lowest BCUT2D eigenvalue weighted by Crippen LogP contribution is -2.65. The van der Waals surface area contributed by atoms with Crippen molar-refractivity contribution >= 4 is 23.2 Å². The predicted octanol–water partition coefficient (Wildman–Crippen LogP) is -0.0360. The zero-order chi connectivity index (χ0) is 22.1. The van der Waals surface area contributed by atoms with E-state index in [1.807, 2.05) is 0 Å². The normalized spacial score (nSPS) is 30.9. The Balaban J connectivity index is 1.98. The number of fused-ring (bicyclic) bond motifs is 3. The number of phenols is 1. The molecule has 1 amide bonds. The van der Waals surface area contributed by atoms with E-state index < -0.39 is 58.0 Å². The number of nitrogens with two attached hydrogens (primary N) is 1. The number of ketones is 2. The van der Waals surface area contributed by atoms with E-state index in [0.717, 1.165) is 0 Å².